The Bertz CT molecular complexity index is 3250. The van der Waals surface area contributed by atoms with Crippen LogP contribution in [0.2, 0.25) is 0 Å². The van der Waals surface area contributed by atoms with Gasteiger partial charge in [-0.25, -0.2) is 4.58 Å². The number of rotatable bonds is 15. The molecule has 366 valence electrons. The normalized spacial score (nSPS) is 15.7. The quantitative estimate of drug-likeness (QED) is 0.0355. The molecule has 5 aliphatic heterocycles. The van der Waals surface area contributed by atoms with E-state index in [1.165, 1.54) is 125 Å². The predicted molar refractivity (Wildman–Crippen MR) is 290 cm³/mol. The van der Waals surface area contributed by atoms with Gasteiger partial charge in [-0.3, -0.25) is 9.59 Å². The number of aryl methyl sites for hydroxylation is 2. The number of amides is 2. The zero-order valence-corrected chi connectivity index (χ0v) is 42.5. The molecule has 0 saturated heterocycles. The molecule has 5 aliphatic rings. The number of nitrogens with one attached hydrogen (secondary N) is 4. The lowest BCUT2D eigenvalue weighted by molar-refractivity contribution is -0.128. The molecule has 6 aromatic rings. The topological polar surface area (TPSA) is 97.7 Å². The van der Waals surface area contributed by atoms with E-state index in [1.54, 1.807) is 6.92 Å². The van der Waals surface area contributed by atoms with Crippen molar-refractivity contribution in [2.75, 3.05) is 57.3 Å². The van der Waals surface area contributed by atoms with Gasteiger partial charge in [-0.1, -0.05) is 88.0 Å². The van der Waals surface area contributed by atoms with Crippen LogP contribution in [0.3, 0.4) is 0 Å². The molecular formula is C62H71N6O3+. The van der Waals surface area contributed by atoms with E-state index in [4.69, 9.17) is 4.74 Å². The van der Waals surface area contributed by atoms with Crippen LogP contribution >= 0.6 is 0 Å². The third kappa shape index (κ3) is 9.05. The molecule has 0 aliphatic carbocycles. The maximum Gasteiger partial charge on any atom is 0.246 e. The molecule has 0 radical (unpaired) electrons. The van der Waals surface area contributed by atoms with Gasteiger partial charge in [0.2, 0.25) is 17.2 Å². The molecule has 5 heterocycles. The number of ether oxygens (including phenoxy) is 1. The first-order valence-electron chi connectivity index (χ1n) is 26.7. The second-order valence-electron chi connectivity index (χ2n) is 21.8. The van der Waals surface area contributed by atoms with Gasteiger partial charge in [0.15, 0.2) is 0 Å². The minimum Gasteiger partial charge on any atom is -0.455 e. The average molecular weight is 948 g/mol. The van der Waals surface area contributed by atoms with Gasteiger partial charge in [-0.15, -0.1) is 0 Å². The number of anilines is 1. The summed E-state index contributed by atoms with van der Waals surface area (Å²) in [7, 11) is 0. The largest absolute Gasteiger partial charge is 0.455 e. The van der Waals surface area contributed by atoms with Crippen molar-refractivity contribution in [3.8, 4) is 22.6 Å². The van der Waals surface area contributed by atoms with Crippen molar-refractivity contribution in [2.24, 2.45) is 5.41 Å². The summed E-state index contributed by atoms with van der Waals surface area (Å²) >= 11 is 0. The molecule has 4 N–H and O–H groups in total. The molecule has 0 fully saturated rings. The summed E-state index contributed by atoms with van der Waals surface area (Å²) in [6.45, 7) is 20.1. The third-order valence-corrected chi connectivity index (χ3v) is 15.7. The summed E-state index contributed by atoms with van der Waals surface area (Å²) < 4.78 is 10.0. The number of hydrogen-bond acceptors (Lipinski definition) is 6. The van der Waals surface area contributed by atoms with Crippen LogP contribution in [0.15, 0.2) is 91.0 Å². The molecular weight excluding hydrogens is 877 g/mol. The summed E-state index contributed by atoms with van der Waals surface area (Å²) in [6, 6.07) is 30.3. The molecule has 0 saturated carbocycles. The molecule has 0 bridgehead atoms. The summed E-state index contributed by atoms with van der Waals surface area (Å²) in [4.78, 5) is 27.3. The van der Waals surface area contributed by atoms with Crippen molar-refractivity contribution in [3.63, 3.8) is 0 Å². The fourth-order valence-corrected chi connectivity index (χ4v) is 12.2. The average Bonchev–Trinajstić information content (AvgIpc) is 3.38. The Kier molecular flexibility index (Phi) is 13.1. The highest BCUT2D eigenvalue weighted by atomic mass is 16.5. The molecule has 0 unspecified atom stereocenters. The maximum absolute atomic E-state index is 12.5. The lowest BCUT2D eigenvalue weighted by Gasteiger charge is -2.39. The number of hydrogen-bond donors (Lipinski definition) is 4. The molecule has 9 nitrogen and oxygen atoms in total. The maximum atomic E-state index is 12.5. The van der Waals surface area contributed by atoms with Crippen LogP contribution in [0.4, 0.5) is 5.69 Å². The zero-order chi connectivity index (χ0) is 48.8. The van der Waals surface area contributed by atoms with E-state index in [0.717, 1.165) is 89.3 Å². The Balaban J connectivity index is 0.971. The van der Waals surface area contributed by atoms with E-state index in [-0.39, 0.29) is 11.8 Å². The van der Waals surface area contributed by atoms with Gasteiger partial charge in [-0.05, 0) is 145 Å². The fraction of sp³-hybridized carbons (Fsp3) is 0.403. The van der Waals surface area contributed by atoms with Crippen molar-refractivity contribution < 1.29 is 14.3 Å². The van der Waals surface area contributed by atoms with Crippen LogP contribution in [0, 0.1) is 5.41 Å². The van der Waals surface area contributed by atoms with E-state index in [0.29, 0.717) is 31.8 Å². The van der Waals surface area contributed by atoms with Gasteiger partial charge in [-0.2, -0.15) is 0 Å². The van der Waals surface area contributed by atoms with Crippen LogP contribution in [-0.2, 0) is 48.4 Å². The molecule has 6 aromatic carbocycles. The van der Waals surface area contributed by atoms with Crippen LogP contribution in [0.1, 0.15) is 111 Å². The van der Waals surface area contributed by atoms with E-state index in [9.17, 15) is 9.59 Å². The number of carbonyl (C=O) groups excluding carboxylic acids is 2. The molecule has 0 aromatic heterocycles. The number of fused-ring (bicyclic) bond motifs is 6. The minimum absolute atomic E-state index is 0.0805. The third-order valence-electron chi connectivity index (χ3n) is 15.7. The van der Waals surface area contributed by atoms with Crippen LogP contribution < -0.4 is 46.1 Å². The minimum atomic E-state index is -0.401. The highest BCUT2D eigenvalue weighted by molar-refractivity contribution is 6.07. The highest BCUT2D eigenvalue weighted by Gasteiger charge is 2.36. The van der Waals surface area contributed by atoms with Crippen LogP contribution in [0.5, 0.6) is 11.5 Å². The smallest absolute Gasteiger partial charge is 0.246 e. The summed E-state index contributed by atoms with van der Waals surface area (Å²) in [5.41, 5.74) is 16.2. The fourth-order valence-electron chi connectivity index (χ4n) is 12.2. The summed E-state index contributed by atoms with van der Waals surface area (Å²) in [6.07, 6.45) is 10.8. The van der Waals surface area contributed by atoms with E-state index in [1.807, 2.05) is 20.8 Å². The molecule has 71 heavy (non-hydrogen) atoms. The first-order chi connectivity index (χ1) is 34.5. The number of nitrogens with zero attached hydrogens (tertiary/aromatic N) is 2. The van der Waals surface area contributed by atoms with Crippen molar-refractivity contribution in [1.82, 2.24) is 25.8 Å². The second-order valence-corrected chi connectivity index (χ2v) is 21.8. The van der Waals surface area contributed by atoms with Crippen LogP contribution in [-0.4, -0.2) is 64.2 Å². The summed E-state index contributed by atoms with van der Waals surface area (Å²) in [5.74, 6) is 2.18. The van der Waals surface area contributed by atoms with Gasteiger partial charge >= 0.3 is 0 Å². The standard InChI is InChI=1S/C62H70N6O3/c1-39(2)60(69)65-28-12-26-64-38-54-46-17-7-6-16-45(46)53(37-63-27-13-29-66-61(70)62(3,4)5)47-25-24-42(34-50(47)54)40-20-22-41(23-21-40)55-51-35-43-14-8-30-67-32-10-18-48(56(43)67)58(51)71-59-49-19-11-33-68-31-9-15-44(57(49)68)36-52(55)59/h6-7,16-17,20-25,34-36,63-64H,1,8-15,18-19,26-33,37-38H2,2-5H3,(H-,65,66,69,70)/p+1. The van der Waals surface area contributed by atoms with Gasteiger partial charge in [0, 0.05) is 96.3 Å². The molecule has 0 spiro atoms. The number of benzene rings is 6. The van der Waals surface area contributed by atoms with Crippen molar-refractivity contribution in [2.45, 2.75) is 105 Å². The predicted octanol–water partition coefficient (Wildman–Crippen LogP) is 8.91. The van der Waals surface area contributed by atoms with Gasteiger partial charge in [0.05, 0.1) is 5.56 Å². The Morgan fingerprint density at radius 2 is 1.28 bits per heavy atom. The molecule has 9 heteroatoms. The Hall–Kier alpha value is -6.29. The monoisotopic (exact) mass is 948 g/mol. The van der Waals surface area contributed by atoms with Gasteiger partial charge < -0.3 is 30.9 Å². The summed E-state index contributed by atoms with van der Waals surface area (Å²) in [5, 5.41) is 21.2. The zero-order valence-electron chi connectivity index (χ0n) is 42.5. The van der Waals surface area contributed by atoms with Gasteiger partial charge in [0.25, 0.3) is 0 Å². The first-order valence-corrected chi connectivity index (χ1v) is 26.7. The van der Waals surface area contributed by atoms with Gasteiger partial charge in [0.1, 0.15) is 24.6 Å². The molecule has 0 atom stereocenters. The SMILES string of the molecule is C=C(C)C(=O)NCCCNCc1c2ccccc2c(CNCCCNC(=O)C(C)(C)C)c2ccc(-c3ccc(C4=c5cc6c7c(c5Oc5c4cc4c8c5CCCN8CCC4)CCC[N+]=7CCC6)cc3)cc12. The number of carbonyl (C=O) groups is 2. The van der Waals surface area contributed by atoms with Crippen molar-refractivity contribution in [1.29, 1.82) is 0 Å². The molecule has 11 rings (SSSR count). The molecule has 2 amide bonds. The lowest BCUT2D eigenvalue weighted by Crippen LogP contribution is -2.45. The van der Waals surface area contributed by atoms with E-state index < -0.39 is 5.41 Å². The highest BCUT2D eigenvalue weighted by Crippen LogP contribution is 2.49. The van der Waals surface area contributed by atoms with Crippen molar-refractivity contribution >= 4 is 44.6 Å². The lowest BCUT2D eigenvalue weighted by atomic mass is 9.82. The second kappa shape index (κ2) is 19.7. The Morgan fingerprint density at radius 3 is 2.00 bits per heavy atom. The van der Waals surface area contributed by atoms with Crippen molar-refractivity contribution in [3.05, 3.63) is 146 Å². The Labute approximate surface area is 419 Å². The Morgan fingerprint density at radius 1 is 0.662 bits per heavy atom. The van der Waals surface area contributed by atoms with E-state index in [2.05, 4.69) is 116 Å². The first kappa shape index (κ1) is 47.1. The van der Waals surface area contributed by atoms with Crippen LogP contribution in [0.25, 0.3) is 38.2 Å². The van der Waals surface area contributed by atoms with E-state index >= 15 is 0 Å².